The second-order valence-electron chi connectivity index (χ2n) is 3.66. The summed E-state index contributed by atoms with van der Waals surface area (Å²) >= 11 is 0. The topological polar surface area (TPSA) is 65.3 Å². The highest BCUT2D eigenvalue weighted by Crippen LogP contribution is 2.22. The first-order valence-corrected chi connectivity index (χ1v) is 4.77. The van der Waals surface area contributed by atoms with Crippen molar-refractivity contribution >= 4 is 5.78 Å². The van der Waals surface area contributed by atoms with E-state index in [-0.39, 0.29) is 12.1 Å². The minimum Gasteiger partial charge on any atom is -0.391 e. The predicted octanol–water partition coefficient (Wildman–Crippen LogP) is 0.0577. The molecule has 5 nitrogen and oxygen atoms in total. The number of aliphatic hydroxyl groups is 1. The maximum atomic E-state index is 9.69. The number of aromatic amines is 1. The van der Waals surface area contributed by atoms with Gasteiger partial charge in [-0.1, -0.05) is 0 Å². The van der Waals surface area contributed by atoms with E-state index in [0.717, 1.165) is 24.4 Å². The Morgan fingerprint density at radius 3 is 3.21 bits per heavy atom. The second-order valence-corrected chi connectivity index (χ2v) is 3.66. The first-order chi connectivity index (χ1) is 6.84. The molecule has 0 aliphatic carbocycles. The van der Waals surface area contributed by atoms with Gasteiger partial charge in [0.2, 0.25) is 5.78 Å². The third-order valence-electron chi connectivity index (χ3n) is 2.73. The number of rotatable bonds is 1. The van der Waals surface area contributed by atoms with E-state index in [1.807, 2.05) is 16.8 Å². The van der Waals surface area contributed by atoms with Crippen LogP contribution < -0.4 is 5.32 Å². The van der Waals surface area contributed by atoms with E-state index in [2.05, 4.69) is 15.3 Å². The first kappa shape index (κ1) is 8.02. The number of imidazole rings is 2. The van der Waals surface area contributed by atoms with Crippen molar-refractivity contribution in [2.24, 2.45) is 0 Å². The average molecular weight is 192 g/mol. The SMILES string of the molecule is OC1CCNC1c1cn2ccnc2[nH]1. The van der Waals surface area contributed by atoms with Crippen molar-refractivity contribution < 1.29 is 5.11 Å². The molecular formula is C9H12N4O. The third-order valence-corrected chi connectivity index (χ3v) is 2.73. The highest BCUT2D eigenvalue weighted by molar-refractivity contribution is 5.32. The Bertz CT molecular complexity index is 418. The quantitative estimate of drug-likeness (QED) is 0.598. The molecule has 1 fully saturated rings. The highest BCUT2D eigenvalue weighted by Gasteiger charge is 2.27. The summed E-state index contributed by atoms with van der Waals surface area (Å²) in [5.74, 6) is 0.820. The zero-order valence-corrected chi connectivity index (χ0v) is 7.64. The van der Waals surface area contributed by atoms with Gasteiger partial charge >= 0.3 is 0 Å². The smallest absolute Gasteiger partial charge is 0.211 e. The van der Waals surface area contributed by atoms with E-state index in [4.69, 9.17) is 0 Å². The van der Waals surface area contributed by atoms with Gasteiger partial charge in [0, 0.05) is 18.6 Å². The fourth-order valence-electron chi connectivity index (χ4n) is 1.99. The van der Waals surface area contributed by atoms with Crippen LogP contribution in [0.4, 0.5) is 0 Å². The van der Waals surface area contributed by atoms with Crippen LogP contribution in [0.15, 0.2) is 18.6 Å². The van der Waals surface area contributed by atoms with Gasteiger partial charge in [0.25, 0.3) is 0 Å². The van der Waals surface area contributed by atoms with Crippen LogP contribution in [-0.2, 0) is 0 Å². The largest absolute Gasteiger partial charge is 0.391 e. The van der Waals surface area contributed by atoms with Gasteiger partial charge in [-0.25, -0.2) is 4.98 Å². The number of aliphatic hydroxyl groups excluding tert-OH is 1. The summed E-state index contributed by atoms with van der Waals surface area (Å²) in [5.41, 5.74) is 0.998. The summed E-state index contributed by atoms with van der Waals surface area (Å²) in [6.07, 6.45) is 6.11. The monoisotopic (exact) mass is 192 g/mol. The number of nitrogens with zero attached hydrogens (tertiary/aromatic N) is 2. The Balaban J connectivity index is 2.01. The average Bonchev–Trinajstić information content (AvgIpc) is 2.75. The molecule has 0 amide bonds. The molecule has 0 bridgehead atoms. The van der Waals surface area contributed by atoms with E-state index >= 15 is 0 Å². The number of fused-ring (bicyclic) bond motifs is 1. The Hall–Kier alpha value is -1.33. The van der Waals surface area contributed by atoms with Crippen LogP contribution >= 0.6 is 0 Å². The molecule has 5 heteroatoms. The van der Waals surface area contributed by atoms with Gasteiger partial charge in [-0.05, 0) is 13.0 Å². The summed E-state index contributed by atoms with van der Waals surface area (Å²) in [7, 11) is 0. The predicted molar refractivity (Wildman–Crippen MR) is 50.9 cm³/mol. The Morgan fingerprint density at radius 2 is 2.50 bits per heavy atom. The molecule has 3 rings (SSSR count). The van der Waals surface area contributed by atoms with Crippen molar-refractivity contribution in [2.75, 3.05) is 6.54 Å². The lowest BCUT2D eigenvalue weighted by molar-refractivity contribution is 0.158. The van der Waals surface area contributed by atoms with Crippen molar-refractivity contribution in [2.45, 2.75) is 18.6 Å². The fourth-order valence-corrected chi connectivity index (χ4v) is 1.99. The van der Waals surface area contributed by atoms with Gasteiger partial charge in [0.1, 0.15) is 0 Å². The van der Waals surface area contributed by atoms with Crippen LogP contribution in [-0.4, -0.2) is 32.1 Å². The highest BCUT2D eigenvalue weighted by atomic mass is 16.3. The van der Waals surface area contributed by atoms with Crippen molar-refractivity contribution in [3.8, 4) is 0 Å². The van der Waals surface area contributed by atoms with Gasteiger partial charge in [0.05, 0.1) is 17.8 Å². The molecule has 3 heterocycles. The molecule has 0 aromatic carbocycles. The van der Waals surface area contributed by atoms with E-state index < -0.39 is 0 Å². The summed E-state index contributed by atoms with van der Waals surface area (Å²) in [6, 6.07) is 0.0247. The Labute approximate surface area is 80.8 Å². The molecule has 1 aliphatic rings. The molecule has 3 N–H and O–H groups in total. The summed E-state index contributed by atoms with van der Waals surface area (Å²) in [4.78, 5) is 7.31. The van der Waals surface area contributed by atoms with Gasteiger partial charge in [0.15, 0.2) is 0 Å². The lowest BCUT2D eigenvalue weighted by Gasteiger charge is -2.11. The summed E-state index contributed by atoms with van der Waals surface area (Å²) < 4.78 is 1.92. The van der Waals surface area contributed by atoms with Crippen molar-refractivity contribution in [1.29, 1.82) is 0 Å². The van der Waals surface area contributed by atoms with Crippen molar-refractivity contribution in [3.63, 3.8) is 0 Å². The molecule has 2 atom stereocenters. The normalized spacial score (nSPS) is 27.5. The van der Waals surface area contributed by atoms with Crippen LogP contribution in [0, 0.1) is 0 Å². The summed E-state index contributed by atoms with van der Waals surface area (Å²) in [6.45, 7) is 0.868. The molecule has 1 saturated heterocycles. The van der Waals surface area contributed by atoms with Gasteiger partial charge in [-0.3, -0.25) is 4.40 Å². The molecule has 2 aromatic rings. The van der Waals surface area contributed by atoms with E-state index in [9.17, 15) is 5.11 Å². The maximum absolute atomic E-state index is 9.69. The van der Waals surface area contributed by atoms with Crippen LogP contribution in [0.1, 0.15) is 18.2 Å². The molecule has 0 saturated carbocycles. The van der Waals surface area contributed by atoms with E-state index in [0.29, 0.717) is 0 Å². The van der Waals surface area contributed by atoms with Gasteiger partial charge in [-0.2, -0.15) is 0 Å². The van der Waals surface area contributed by atoms with Crippen LogP contribution in [0.2, 0.25) is 0 Å². The van der Waals surface area contributed by atoms with Crippen LogP contribution in [0.25, 0.3) is 5.78 Å². The molecule has 2 unspecified atom stereocenters. The lowest BCUT2D eigenvalue weighted by atomic mass is 10.1. The number of hydrogen-bond acceptors (Lipinski definition) is 3. The minimum absolute atomic E-state index is 0.0247. The Kier molecular flexibility index (Phi) is 1.62. The van der Waals surface area contributed by atoms with Crippen LogP contribution in [0.5, 0.6) is 0 Å². The van der Waals surface area contributed by atoms with Crippen LogP contribution in [0.3, 0.4) is 0 Å². The molecule has 2 aromatic heterocycles. The molecule has 14 heavy (non-hydrogen) atoms. The van der Waals surface area contributed by atoms with E-state index in [1.54, 1.807) is 6.20 Å². The standard InChI is InChI=1S/C9H12N4O/c14-7-1-2-10-8(7)6-5-13-4-3-11-9(13)12-6/h3-5,7-8,10,14H,1-2H2,(H,11,12). The van der Waals surface area contributed by atoms with Crippen molar-refractivity contribution in [1.82, 2.24) is 19.7 Å². The molecule has 74 valence electrons. The van der Waals surface area contributed by atoms with E-state index in [1.165, 1.54) is 0 Å². The van der Waals surface area contributed by atoms with Gasteiger partial charge < -0.3 is 15.4 Å². The van der Waals surface area contributed by atoms with Crippen molar-refractivity contribution in [3.05, 3.63) is 24.3 Å². The first-order valence-electron chi connectivity index (χ1n) is 4.77. The molecule has 0 radical (unpaired) electrons. The molecule has 1 aliphatic heterocycles. The minimum atomic E-state index is -0.293. The lowest BCUT2D eigenvalue weighted by Crippen LogP contribution is -2.21. The third kappa shape index (κ3) is 1.06. The molecule has 0 spiro atoms. The summed E-state index contributed by atoms with van der Waals surface area (Å²) in [5, 5.41) is 12.9. The number of aromatic nitrogens is 3. The zero-order chi connectivity index (χ0) is 9.54. The maximum Gasteiger partial charge on any atom is 0.211 e. The second kappa shape index (κ2) is 2.83. The fraction of sp³-hybridized carbons (Fsp3) is 0.444. The zero-order valence-electron chi connectivity index (χ0n) is 7.64. The number of H-pyrrole nitrogens is 1. The number of hydrogen-bond donors (Lipinski definition) is 3. The number of nitrogens with one attached hydrogen (secondary N) is 2. The Morgan fingerprint density at radius 1 is 1.57 bits per heavy atom. The molecular weight excluding hydrogens is 180 g/mol. The van der Waals surface area contributed by atoms with Gasteiger partial charge in [-0.15, -0.1) is 0 Å².